The van der Waals surface area contributed by atoms with Crippen LogP contribution in [0.5, 0.6) is 0 Å². The van der Waals surface area contributed by atoms with Gasteiger partial charge in [0.1, 0.15) is 11.0 Å². The number of hydrogen-bond acceptors (Lipinski definition) is 6. The fourth-order valence-electron chi connectivity index (χ4n) is 3.15. The zero-order valence-electron chi connectivity index (χ0n) is 20.2. The molecule has 11 heteroatoms. The van der Waals surface area contributed by atoms with Gasteiger partial charge in [-0.1, -0.05) is 35.5 Å². The van der Waals surface area contributed by atoms with Gasteiger partial charge in [0.2, 0.25) is 0 Å². The van der Waals surface area contributed by atoms with Crippen LogP contribution in [0.1, 0.15) is 52.3 Å². The Morgan fingerprint density at radius 3 is 2.41 bits per heavy atom. The maximum absolute atomic E-state index is 13.0. The molecule has 1 heterocycles. The molecule has 1 N–H and O–H groups in total. The van der Waals surface area contributed by atoms with Gasteiger partial charge in [0, 0.05) is 5.02 Å². The third kappa shape index (κ3) is 7.40. The van der Waals surface area contributed by atoms with E-state index in [9.17, 15) is 13.8 Å². The lowest BCUT2D eigenvalue weighted by Gasteiger charge is -2.34. The summed E-state index contributed by atoms with van der Waals surface area (Å²) in [6.45, 7) is 9.45. The summed E-state index contributed by atoms with van der Waals surface area (Å²) in [7, 11) is -1.34. The number of thioether (sulfide) groups is 1. The second-order valence-corrected chi connectivity index (χ2v) is 12.8. The Bertz CT molecular complexity index is 1100. The van der Waals surface area contributed by atoms with Gasteiger partial charge >= 0.3 is 5.97 Å². The van der Waals surface area contributed by atoms with Crippen molar-refractivity contribution in [2.75, 3.05) is 12.9 Å². The van der Waals surface area contributed by atoms with Gasteiger partial charge in [0.05, 0.1) is 33.6 Å². The lowest BCUT2D eigenvalue weighted by Crippen LogP contribution is -2.46. The number of benzene rings is 1. The highest BCUT2D eigenvalue weighted by Gasteiger charge is 2.33. The van der Waals surface area contributed by atoms with Crippen molar-refractivity contribution in [2.45, 2.75) is 69.4 Å². The third-order valence-corrected chi connectivity index (χ3v) is 8.61. The predicted molar refractivity (Wildman–Crippen MR) is 143 cm³/mol. The van der Waals surface area contributed by atoms with Gasteiger partial charge in [0.15, 0.2) is 5.16 Å². The highest BCUT2D eigenvalue weighted by atomic mass is 79.9. The number of aryl methyl sites for hydroxylation is 1. The third-order valence-electron chi connectivity index (χ3n) is 5.14. The van der Waals surface area contributed by atoms with Crippen LogP contribution < -0.4 is 10.3 Å². The van der Waals surface area contributed by atoms with E-state index in [1.165, 1.54) is 16.3 Å². The molecular formula is C23H31BrClN3O4S2. The first-order valence-electron chi connectivity index (χ1n) is 10.8. The summed E-state index contributed by atoms with van der Waals surface area (Å²) in [5.41, 5.74) is 0.467. The smallest absolute Gasteiger partial charge is 0.326 e. The lowest BCUT2D eigenvalue weighted by atomic mass is 9.88. The molecule has 34 heavy (non-hydrogen) atoms. The Balaban J connectivity index is 2.41. The first-order chi connectivity index (χ1) is 15.8. The quantitative estimate of drug-likeness (QED) is 0.241. The topological polar surface area (TPSA) is 90.3 Å². The predicted octanol–water partition coefficient (Wildman–Crippen LogP) is 4.84. The Labute approximate surface area is 221 Å². The minimum atomic E-state index is -1.34. The summed E-state index contributed by atoms with van der Waals surface area (Å²) in [5, 5.41) is 1.04. The zero-order valence-corrected chi connectivity index (χ0v) is 24.2. The van der Waals surface area contributed by atoms with Crippen molar-refractivity contribution in [3.05, 3.63) is 55.4 Å². The normalized spacial score (nSPS) is 14.5. The molecule has 7 nitrogen and oxygen atoms in total. The average Bonchev–Trinajstić information content (AvgIpc) is 2.76. The number of nitrogens with zero attached hydrogens (tertiary/aromatic N) is 2. The molecule has 0 amide bonds. The van der Waals surface area contributed by atoms with Crippen LogP contribution in [0.15, 0.2) is 38.7 Å². The van der Waals surface area contributed by atoms with E-state index in [0.717, 1.165) is 5.56 Å². The van der Waals surface area contributed by atoms with Crippen LogP contribution in [0.25, 0.3) is 0 Å². The molecule has 2 atom stereocenters. The van der Waals surface area contributed by atoms with Crippen molar-refractivity contribution in [3.8, 4) is 0 Å². The van der Waals surface area contributed by atoms with Crippen LogP contribution in [0.3, 0.4) is 0 Å². The fourth-order valence-corrected chi connectivity index (χ4v) is 5.28. The lowest BCUT2D eigenvalue weighted by molar-refractivity contribution is -0.144. The van der Waals surface area contributed by atoms with Crippen LogP contribution in [0.2, 0.25) is 5.02 Å². The van der Waals surface area contributed by atoms with Gasteiger partial charge in [-0.3, -0.25) is 14.2 Å². The average molecular weight is 593 g/mol. The van der Waals surface area contributed by atoms with Gasteiger partial charge in [0.25, 0.3) is 5.56 Å². The van der Waals surface area contributed by atoms with Crippen LogP contribution in [-0.2, 0) is 39.0 Å². The highest BCUT2D eigenvalue weighted by molar-refractivity contribution is 9.10. The summed E-state index contributed by atoms with van der Waals surface area (Å²) in [5.74, 6) is -0.495. The van der Waals surface area contributed by atoms with E-state index < -0.39 is 27.2 Å². The summed E-state index contributed by atoms with van der Waals surface area (Å²) < 4.78 is 22.4. The largest absolute Gasteiger partial charge is 0.465 e. The first kappa shape index (κ1) is 29.0. The molecule has 0 spiro atoms. The number of halogens is 2. The van der Waals surface area contributed by atoms with Crippen LogP contribution in [0.4, 0.5) is 0 Å². The molecule has 0 bridgehead atoms. The van der Waals surface area contributed by atoms with Crippen LogP contribution in [-0.4, -0.2) is 37.3 Å². The molecular weight excluding hydrogens is 562 g/mol. The SMILES string of the molecule is CCOC(=O)Cn1c(SC)nc(CC[C@](C)(N[S@](=O)C(C)(C)C)c2ccc(Cl)cc2)c(Br)c1=O. The Morgan fingerprint density at radius 2 is 1.88 bits per heavy atom. The molecule has 2 rings (SSSR count). The zero-order chi connectivity index (χ0) is 25.7. The molecule has 0 radical (unpaired) electrons. The van der Waals surface area contributed by atoms with Gasteiger partial charge in [-0.15, -0.1) is 0 Å². The summed E-state index contributed by atoms with van der Waals surface area (Å²) in [4.78, 5) is 29.6. The Hall–Kier alpha value is -1.20. The molecule has 0 aliphatic heterocycles. The van der Waals surface area contributed by atoms with Gasteiger partial charge in [-0.25, -0.2) is 13.9 Å². The Morgan fingerprint density at radius 1 is 1.26 bits per heavy atom. The second-order valence-electron chi connectivity index (χ2n) is 8.88. The summed E-state index contributed by atoms with van der Waals surface area (Å²) >= 11 is 10.8. The monoisotopic (exact) mass is 591 g/mol. The van der Waals surface area contributed by atoms with Gasteiger partial charge in [-0.2, -0.15) is 0 Å². The number of hydrogen-bond donors (Lipinski definition) is 1. The number of rotatable bonds is 10. The minimum absolute atomic E-state index is 0.205. The van der Waals surface area contributed by atoms with E-state index in [1.54, 1.807) is 25.3 Å². The number of nitrogens with one attached hydrogen (secondary N) is 1. The van der Waals surface area contributed by atoms with E-state index in [1.807, 2.05) is 39.8 Å². The molecule has 2 aromatic rings. The molecule has 0 unspecified atom stereocenters. The molecule has 0 saturated carbocycles. The number of esters is 1. The molecule has 1 aromatic heterocycles. The second kappa shape index (κ2) is 12.2. The summed E-state index contributed by atoms with van der Waals surface area (Å²) in [6, 6.07) is 7.41. The molecule has 1 aromatic carbocycles. The number of ether oxygens (including phenoxy) is 1. The number of carbonyl (C=O) groups is 1. The maximum Gasteiger partial charge on any atom is 0.326 e. The van der Waals surface area contributed by atoms with E-state index >= 15 is 0 Å². The van der Waals surface area contributed by atoms with Gasteiger partial charge in [-0.05, 0) is 87.3 Å². The molecule has 188 valence electrons. The van der Waals surface area contributed by atoms with E-state index in [0.29, 0.717) is 33.2 Å². The molecule has 0 fully saturated rings. The van der Waals surface area contributed by atoms with Gasteiger partial charge < -0.3 is 4.74 Å². The van der Waals surface area contributed by atoms with E-state index in [-0.39, 0.29) is 18.7 Å². The Kier molecular flexibility index (Phi) is 10.4. The van der Waals surface area contributed by atoms with Crippen molar-refractivity contribution in [1.29, 1.82) is 0 Å². The van der Waals surface area contributed by atoms with E-state index in [4.69, 9.17) is 16.3 Å². The van der Waals surface area contributed by atoms with Crippen LogP contribution in [0, 0.1) is 0 Å². The molecule has 0 aliphatic rings. The van der Waals surface area contributed by atoms with Crippen molar-refractivity contribution < 1.29 is 13.7 Å². The maximum atomic E-state index is 13.0. The number of carbonyl (C=O) groups excluding carboxylic acids is 1. The molecule has 0 saturated heterocycles. The van der Waals surface area contributed by atoms with E-state index in [2.05, 4.69) is 25.6 Å². The first-order valence-corrected chi connectivity index (χ1v) is 14.3. The molecule has 0 aliphatic carbocycles. The van der Waals surface area contributed by atoms with Crippen molar-refractivity contribution in [1.82, 2.24) is 14.3 Å². The summed E-state index contributed by atoms with van der Waals surface area (Å²) in [6.07, 6.45) is 2.74. The minimum Gasteiger partial charge on any atom is -0.465 e. The van der Waals surface area contributed by atoms with Crippen molar-refractivity contribution in [3.63, 3.8) is 0 Å². The number of aromatic nitrogens is 2. The van der Waals surface area contributed by atoms with Crippen molar-refractivity contribution >= 4 is 56.2 Å². The standard InChI is InChI=1S/C23H31BrClN3O4S2/c1-7-32-18(29)14-28-20(30)19(24)17(26-21(28)33-6)12-13-23(5,27-34(31)22(2,3)4)15-8-10-16(25)11-9-15/h8-11,27H,7,12-14H2,1-6H3/t23-,34+/m0/s1. The highest BCUT2D eigenvalue weighted by Crippen LogP contribution is 2.30. The fraction of sp³-hybridized carbons (Fsp3) is 0.522. The van der Waals surface area contributed by atoms with Crippen LogP contribution >= 0.6 is 39.3 Å². The van der Waals surface area contributed by atoms with Crippen molar-refractivity contribution in [2.24, 2.45) is 0 Å².